The summed E-state index contributed by atoms with van der Waals surface area (Å²) in [5.41, 5.74) is 8.05. The van der Waals surface area contributed by atoms with E-state index >= 15 is 0 Å². The first-order valence-electron chi connectivity index (χ1n) is 5.00. The van der Waals surface area contributed by atoms with Crippen molar-refractivity contribution in [1.82, 2.24) is 0 Å². The summed E-state index contributed by atoms with van der Waals surface area (Å²) in [6.45, 7) is 1.86. The second-order valence-electron chi connectivity index (χ2n) is 2.90. The Morgan fingerprint density at radius 2 is 2.33 bits per heavy atom. The predicted molar refractivity (Wildman–Crippen MR) is 66.2 cm³/mol. The Morgan fingerprint density at radius 1 is 1.56 bits per heavy atom. The van der Waals surface area contributed by atoms with Crippen LogP contribution in [0.1, 0.15) is 21.5 Å². The normalized spacial score (nSPS) is 8.72. The van der Waals surface area contributed by atoms with Gasteiger partial charge in [0.25, 0.3) is 5.78 Å². The van der Waals surface area contributed by atoms with Crippen LogP contribution in [0.4, 0.5) is 0 Å². The molecule has 0 aliphatic heterocycles. The van der Waals surface area contributed by atoms with Gasteiger partial charge in [-0.2, -0.15) is 0 Å². The molecule has 0 radical (unpaired) electrons. The molecule has 1 heterocycles. The number of carbonyl (C=O) groups excluding carboxylic acids is 2. The minimum Gasteiger partial charge on any atom is -0.460 e. The Labute approximate surface area is 107 Å². The van der Waals surface area contributed by atoms with Gasteiger partial charge in [-0.25, -0.2) is 4.79 Å². The maximum Gasteiger partial charge on any atom is 0.380 e. The summed E-state index contributed by atoms with van der Waals surface area (Å²) in [4.78, 5) is 26.2. The van der Waals surface area contributed by atoms with E-state index in [4.69, 9.17) is 5.53 Å². The molecular formula is C11H9N3O3S. The van der Waals surface area contributed by atoms with E-state index in [9.17, 15) is 9.59 Å². The average molecular weight is 263 g/mol. The molecule has 0 saturated heterocycles. The van der Waals surface area contributed by atoms with E-state index in [1.54, 1.807) is 13.0 Å². The van der Waals surface area contributed by atoms with E-state index < -0.39 is 11.8 Å². The van der Waals surface area contributed by atoms with Gasteiger partial charge < -0.3 is 4.74 Å². The standard InChI is InChI=1S/C11H9N3O3S/c1-2-17-11(16)10(15)9-6-5-8(18-9)4-3-7-13-14-12/h5-6H,2,7H2,1H3. The molecule has 0 atom stereocenters. The number of thiophene rings is 1. The number of rotatable bonds is 4. The molecule has 0 aliphatic carbocycles. The number of ketones is 1. The monoisotopic (exact) mass is 263 g/mol. The van der Waals surface area contributed by atoms with Gasteiger partial charge in [-0.15, -0.1) is 11.3 Å². The third-order valence-electron chi connectivity index (χ3n) is 1.72. The van der Waals surface area contributed by atoms with Gasteiger partial charge in [0.15, 0.2) is 0 Å². The van der Waals surface area contributed by atoms with Crippen LogP contribution in [0.5, 0.6) is 0 Å². The molecule has 0 fully saturated rings. The Kier molecular flexibility index (Phi) is 5.45. The van der Waals surface area contributed by atoms with Crippen LogP contribution >= 0.6 is 11.3 Å². The van der Waals surface area contributed by atoms with Gasteiger partial charge >= 0.3 is 5.97 Å². The molecule has 0 amide bonds. The van der Waals surface area contributed by atoms with Crippen LogP contribution in [-0.4, -0.2) is 24.9 Å². The minimum absolute atomic E-state index is 0.0650. The van der Waals surface area contributed by atoms with Crippen LogP contribution in [0, 0.1) is 11.8 Å². The first-order valence-corrected chi connectivity index (χ1v) is 5.81. The molecule has 1 aromatic heterocycles. The summed E-state index contributed by atoms with van der Waals surface area (Å²) in [5, 5.41) is 3.25. The molecule has 92 valence electrons. The molecule has 0 aromatic carbocycles. The zero-order chi connectivity index (χ0) is 13.4. The highest BCUT2D eigenvalue weighted by Gasteiger charge is 2.18. The van der Waals surface area contributed by atoms with Crippen molar-refractivity contribution >= 4 is 23.1 Å². The first-order chi connectivity index (χ1) is 8.69. The van der Waals surface area contributed by atoms with Gasteiger partial charge in [-0.05, 0) is 24.6 Å². The average Bonchev–Trinajstić information content (AvgIpc) is 2.83. The molecule has 6 nitrogen and oxygen atoms in total. The molecular weight excluding hydrogens is 254 g/mol. The third-order valence-corrected chi connectivity index (χ3v) is 2.71. The van der Waals surface area contributed by atoms with Gasteiger partial charge in [0.2, 0.25) is 0 Å². The third kappa shape index (κ3) is 3.94. The topological polar surface area (TPSA) is 92.1 Å². The lowest BCUT2D eigenvalue weighted by molar-refractivity contribution is -0.137. The van der Waals surface area contributed by atoms with Crippen LogP contribution in [0.2, 0.25) is 0 Å². The molecule has 7 heteroatoms. The van der Waals surface area contributed by atoms with Crippen molar-refractivity contribution in [3.05, 3.63) is 32.3 Å². The zero-order valence-corrected chi connectivity index (χ0v) is 10.4. The highest BCUT2D eigenvalue weighted by molar-refractivity contribution is 7.15. The molecule has 0 saturated carbocycles. The van der Waals surface area contributed by atoms with E-state index in [0.717, 1.165) is 11.3 Å². The SMILES string of the molecule is CCOC(=O)C(=O)c1ccc(C#CCN=[N+]=[N-])s1. The lowest BCUT2D eigenvalue weighted by Crippen LogP contribution is -2.16. The van der Waals surface area contributed by atoms with E-state index in [1.807, 2.05) is 0 Å². The van der Waals surface area contributed by atoms with Gasteiger partial charge in [-0.1, -0.05) is 17.0 Å². The van der Waals surface area contributed by atoms with Crippen molar-refractivity contribution in [3.8, 4) is 11.8 Å². The number of carbonyl (C=O) groups is 2. The van der Waals surface area contributed by atoms with E-state index in [2.05, 4.69) is 26.6 Å². The van der Waals surface area contributed by atoms with Gasteiger partial charge in [0.05, 0.1) is 22.9 Å². The summed E-state index contributed by atoms with van der Waals surface area (Å²) in [6.07, 6.45) is 0. The van der Waals surface area contributed by atoms with Crippen molar-refractivity contribution in [2.24, 2.45) is 5.11 Å². The number of Topliss-reactive ketones (excluding diaryl/α,β-unsaturated/α-hetero) is 1. The Bertz CT molecular complexity index is 562. The Hall–Kier alpha value is -2.29. The van der Waals surface area contributed by atoms with Gasteiger partial charge in [0.1, 0.15) is 0 Å². The fraction of sp³-hybridized carbons (Fsp3) is 0.273. The van der Waals surface area contributed by atoms with E-state index in [0.29, 0.717) is 4.88 Å². The van der Waals surface area contributed by atoms with Crippen LogP contribution in [0.3, 0.4) is 0 Å². The quantitative estimate of drug-likeness (QED) is 0.158. The van der Waals surface area contributed by atoms with Crippen LogP contribution in [-0.2, 0) is 9.53 Å². The van der Waals surface area contributed by atoms with Crippen molar-refractivity contribution in [2.45, 2.75) is 6.92 Å². The summed E-state index contributed by atoms with van der Waals surface area (Å²) in [6, 6.07) is 3.14. The van der Waals surface area contributed by atoms with Crippen molar-refractivity contribution in [2.75, 3.05) is 13.2 Å². The van der Waals surface area contributed by atoms with E-state index in [-0.39, 0.29) is 18.0 Å². The first kappa shape index (κ1) is 13.8. The molecule has 0 bridgehead atoms. The molecule has 1 rings (SSSR count). The molecule has 1 aromatic rings. The highest BCUT2D eigenvalue weighted by atomic mass is 32.1. The van der Waals surface area contributed by atoms with Crippen molar-refractivity contribution in [1.29, 1.82) is 0 Å². The molecule has 0 unspecified atom stereocenters. The summed E-state index contributed by atoms with van der Waals surface area (Å²) in [7, 11) is 0. The van der Waals surface area contributed by atoms with Crippen LogP contribution in [0.15, 0.2) is 17.2 Å². The lowest BCUT2D eigenvalue weighted by Gasteiger charge is -1.96. The smallest absolute Gasteiger partial charge is 0.380 e. The number of nitrogens with zero attached hydrogens (tertiary/aromatic N) is 3. The number of ether oxygens (including phenoxy) is 1. The number of esters is 1. The summed E-state index contributed by atoms with van der Waals surface area (Å²) in [5.74, 6) is 3.80. The lowest BCUT2D eigenvalue weighted by atomic mass is 10.3. The van der Waals surface area contributed by atoms with Crippen molar-refractivity contribution in [3.63, 3.8) is 0 Å². The Morgan fingerprint density at radius 3 is 3.00 bits per heavy atom. The zero-order valence-electron chi connectivity index (χ0n) is 9.54. The number of hydrogen-bond donors (Lipinski definition) is 0. The van der Waals surface area contributed by atoms with E-state index in [1.165, 1.54) is 6.07 Å². The largest absolute Gasteiger partial charge is 0.460 e. The Balaban J connectivity index is 2.73. The van der Waals surface area contributed by atoms with Crippen LogP contribution < -0.4 is 0 Å². The molecule has 18 heavy (non-hydrogen) atoms. The van der Waals surface area contributed by atoms with Crippen LogP contribution in [0.25, 0.3) is 10.4 Å². The summed E-state index contributed by atoms with van der Waals surface area (Å²) >= 11 is 1.09. The number of hydrogen-bond acceptors (Lipinski definition) is 5. The second-order valence-corrected chi connectivity index (χ2v) is 3.99. The predicted octanol–water partition coefficient (Wildman–Crippen LogP) is 2.16. The molecule has 0 N–H and O–H groups in total. The van der Waals surface area contributed by atoms with Gasteiger partial charge in [-0.3, -0.25) is 4.79 Å². The highest BCUT2D eigenvalue weighted by Crippen LogP contribution is 2.16. The maximum atomic E-state index is 11.5. The second kappa shape index (κ2) is 7.12. The fourth-order valence-electron chi connectivity index (χ4n) is 1.02. The molecule has 0 aliphatic rings. The summed E-state index contributed by atoms with van der Waals surface area (Å²) < 4.78 is 4.61. The maximum absolute atomic E-state index is 11.5. The number of azide groups is 1. The molecule has 0 spiro atoms. The minimum atomic E-state index is -0.868. The van der Waals surface area contributed by atoms with Crippen molar-refractivity contribution < 1.29 is 14.3 Å². The fourth-order valence-corrected chi connectivity index (χ4v) is 1.83. The van der Waals surface area contributed by atoms with Gasteiger partial charge in [0, 0.05) is 4.91 Å².